The smallest absolute Gasteiger partial charge is 0.481 e. The van der Waals surface area contributed by atoms with Crippen LogP contribution in [0.15, 0.2) is 0 Å². The Bertz CT molecular complexity index is 113. The summed E-state index contributed by atoms with van der Waals surface area (Å²) in [6, 6.07) is 0. The fourth-order valence-corrected chi connectivity index (χ4v) is 1.44. The molecule has 1 radical (unpaired) electrons. The lowest BCUT2D eigenvalue weighted by Crippen LogP contribution is -2.27. The Hall–Kier alpha value is -0.433. The van der Waals surface area contributed by atoms with Crippen LogP contribution in [-0.2, 0) is 18.1 Å². The normalized spacial score (nSPS) is 9.50. The molecule has 0 unspecified atom stereocenters. The van der Waals surface area contributed by atoms with Gasteiger partial charge < -0.3 is 18.4 Å². The third kappa shape index (κ3) is 17.6. The van der Waals surface area contributed by atoms with Gasteiger partial charge in [-0.2, -0.15) is 0 Å². The molecule has 0 atom stereocenters. The van der Waals surface area contributed by atoms with Gasteiger partial charge in [0.2, 0.25) is 0 Å². The molecule has 0 aliphatic rings. The molecule has 14 heavy (non-hydrogen) atoms. The van der Waals surface area contributed by atoms with Crippen molar-refractivity contribution >= 4 is 15.5 Å². The van der Waals surface area contributed by atoms with Crippen LogP contribution in [0.3, 0.4) is 0 Å². The Morgan fingerprint density at radius 3 is 1.43 bits per heavy atom. The highest BCUT2D eigenvalue weighted by Gasteiger charge is 2.15. The standard InChI is InChI=1S/C6H15O3Si.C2H4O2/c1-4-7-10(8-5-2)9-6-3;1-2(3)4/h4-6H2,1-3H3;1H3,(H,3,4). The molecule has 0 saturated carbocycles. The van der Waals surface area contributed by atoms with Gasteiger partial charge in [0.15, 0.2) is 0 Å². The molecule has 0 aromatic rings. The van der Waals surface area contributed by atoms with Gasteiger partial charge in [0, 0.05) is 26.7 Å². The van der Waals surface area contributed by atoms with Gasteiger partial charge in [-0.3, -0.25) is 4.79 Å². The summed E-state index contributed by atoms with van der Waals surface area (Å²) < 4.78 is 15.5. The lowest BCUT2D eigenvalue weighted by molar-refractivity contribution is -0.134. The van der Waals surface area contributed by atoms with E-state index in [1.165, 1.54) is 0 Å². The lowest BCUT2D eigenvalue weighted by Gasteiger charge is -2.10. The molecule has 0 bridgehead atoms. The molecular weight excluding hydrogens is 204 g/mol. The van der Waals surface area contributed by atoms with Gasteiger partial charge in [0.05, 0.1) is 0 Å². The van der Waals surface area contributed by atoms with Gasteiger partial charge in [0.25, 0.3) is 5.97 Å². The van der Waals surface area contributed by atoms with Crippen molar-refractivity contribution in [3.05, 3.63) is 0 Å². The van der Waals surface area contributed by atoms with Crippen LogP contribution < -0.4 is 0 Å². The number of rotatable bonds is 6. The van der Waals surface area contributed by atoms with E-state index in [4.69, 9.17) is 23.2 Å². The third-order valence-corrected chi connectivity index (χ3v) is 2.36. The molecule has 0 aliphatic heterocycles. The van der Waals surface area contributed by atoms with E-state index in [-0.39, 0.29) is 0 Å². The summed E-state index contributed by atoms with van der Waals surface area (Å²) in [5, 5.41) is 7.42. The van der Waals surface area contributed by atoms with E-state index in [0.29, 0.717) is 19.8 Å². The van der Waals surface area contributed by atoms with Crippen molar-refractivity contribution in [3.8, 4) is 0 Å². The highest BCUT2D eigenvalue weighted by Crippen LogP contribution is 1.90. The maximum absolute atomic E-state index is 9.00. The van der Waals surface area contributed by atoms with E-state index in [2.05, 4.69) is 0 Å². The minimum absolute atomic E-state index is 0.661. The summed E-state index contributed by atoms with van der Waals surface area (Å²) in [5.74, 6) is -0.833. The molecule has 0 aliphatic carbocycles. The molecule has 0 aromatic carbocycles. The molecule has 0 fully saturated rings. The van der Waals surface area contributed by atoms with Crippen molar-refractivity contribution in [1.82, 2.24) is 0 Å². The minimum atomic E-state index is -1.40. The van der Waals surface area contributed by atoms with Crippen LogP contribution in [0, 0.1) is 0 Å². The van der Waals surface area contributed by atoms with Crippen LogP contribution in [-0.4, -0.2) is 40.4 Å². The number of carbonyl (C=O) groups is 1. The minimum Gasteiger partial charge on any atom is -0.481 e. The fourth-order valence-electron chi connectivity index (χ4n) is 0.479. The second kappa shape index (κ2) is 12.6. The molecule has 0 aromatic heterocycles. The Labute approximate surface area is 86.9 Å². The number of hydrogen-bond donors (Lipinski definition) is 1. The summed E-state index contributed by atoms with van der Waals surface area (Å²) in [7, 11) is -1.40. The summed E-state index contributed by atoms with van der Waals surface area (Å²) >= 11 is 0. The fraction of sp³-hybridized carbons (Fsp3) is 0.875. The molecule has 0 heterocycles. The van der Waals surface area contributed by atoms with E-state index in [9.17, 15) is 0 Å². The SMILES string of the molecule is CC(=O)O.CCO[Si](OCC)OCC. The molecule has 0 amide bonds. The number of carboxylic acids is 1. The van der Waals surface area contributed by atoms with Crippen LogP contribution in [0.1, 0.15) is 27.7 Å². The molecule has 0 spiro atoms. The first-order valence-electron chi connectivity index (χ1n) is 4.53. The highest BCUT2D eigenvalue weighted by molar-refractivity contribution is 6.36. The Kier molecular flexibility index (Phi) is 14.4. The summed E-state index contributed by atoms with van der Waals surface area (Å²) in [6.45, 7) is 8.87. The molecular formula is C8H19O5Si. The average molecular weight is 223 g/mol. The van der Waals surface area contributed by atoms with Crippen LogP contribution in [0.2, 0.25) is 0 Å². The quantitative estimate of drug-likeness (QED) is 0.685. The number of hydrogen-bond acceptors (Lipinski definition) is 4. The third-order valence-electron chi connectivity index (χ3n) is 0.787. The van der Waals surface area contributed by atoms with Gasteiger partial charge in [-0.15, -0.1) is 0 Å². The van der Waals surface area contributed by atoms with Gasteiger partial charge in [-0.05, 0) is 20.8 Å². The lowest BCUT2D eigenvalue weighted by atomic mass is 10.9. The van der Waals surface area contributed by atoms with Crippen molar-refractivity contribution in [2.45, 2.75) is 27.7 Å². The molecule has 1 N–H and O–H groups in total. The van der Waals surface area contributed by atoms with Gasteiger partial charge >= 0.3 is 9.53 Å². The Morgan fingerprint density at radius 1 is 1.07 bits per heavy atom. The second-order valence-electron chi connectivity index (χ2n) is 2.07. The Morgan fingerprint density at radius 2 is 1.29 bits per heavy atom. The molecule has 0 saturated heterocycles. The monoisotopic (exact) mass is 223 g/mol. The maximum Gasteiger partial charge on any atom is 0.577 e. The van der Waals surface area contributed by atoms with E-state index in [1.54, 1.807) is 0 Å². The van der Waals surface area contributed by atoms with Crippen molar-refractivity contribution in [1.29, 1.82) is 0 Å². The van der Waals surface area contributed by atoms with Crippen molar-refractivity contribution in [2.75, 3.05) is 19.8 Å². The number of carboxylic acid groups (broad SMARTS) is 1. The molecule has 0 rings (SSSR count). The van der Waals surface area contributed by atoms with E-state index in [1.807, 2.05) is 20.8 Å². The first kappa shape index (κ1) is 16.0. The second-order valence-corrected chi connectivity index (χ2v) is 3.43. The van der Waals surface area contributed by atoms with E-state index >= 15 is 0 Å². The molecule has 6 heteroatoms. The predicted molar refractivity (Wildman–Crippen MR) is 53.9 cm³/mol. The molecule has 85 valence electrons. The Balaban J connectivity index is 0. The first-order valence-corrected chi connectivity index (χ1v) is 5.75. The summed E-state index contributed by atoms with van der Waals surface area (Å²) in [4.78, 5) is 9.00. The van der Waals surface area contributed by atoms with Crippen molar-refractivity contribution in [2.24, 2.45) is 0 Å². The molecule has 5 nitrogen and oxygen atoms in total. The van der Waals surface area contributed by atoms with Crippen molar-refractivity contribution < 1.29 is 23.2 Å². The zero-order valence-electron chi connectivity index (χ0n) is 9.20. The van der Waals surface area contributed by atoms with E-state index < -0.39 is 15.5 Å². The topological polar surface area (TPSA) is 65.0 Å². The summed E-state index contributed by atoms with van der Waals surface area (Å²) in [5.41, 5.74) is 0. The van der Waals surface area contributed by atoms with Gasteiger partial charge in [-0.1, -0.05) is 0 Å². The van der Waals surface area contributed by atoms with Gasteiger partial charge in [-0.25, -0.2) is 0 Å². The zero-order valence-corrected chi connectivity index (χ0v) is 10.2. The van der Waals surface area contributed by atoms with E-state index in [0.717, 1.165) is 6.92 Å². The summed E-state index contributed by atoms with van der Waals surface area (Å²) in [6.07, 6.45) is 0. The van der Waals surface area contributed by atoms with Crippen LogP contribution >= 0.6 is 0 Å². The van der Waals surface area contributed by atoms with Gasteiger partial charge in [0.1, 0.15) is 0 Å². The van der Waals surface area contributed by atoms with Crippen molar-refractivity contribution in [3.63, 3.8) is 0 Å². The van der Waals surface area contributed by atoms with Crippen LogP contribution in [0.4, 0.5) is 0 Å². The van der Waals surface area contributed by atoms with Crippen LogP contribution in [0.25, 0.3) is 0 Å². The zero-order chi connectivity index (χ0) is 11.4. The van der Waals surface area contributed by atoms with Crippen LogP contribution in [0.5, 0.6) is 0 Å². The number of aliphatic carboxylic acids is 1. The first-order chi connectivity index (χ1) is 6.58. The highest BCUT2D eigenvalue weighted by atomic mass is 28.3. The predicted octanol–water partition coefficient (Wildman–Crippen LogP) is 1.17. The maximum atomic E-state index is 9.00. The average Bonchev–Trinajstić information content (AvgIpc) is 2.04. The largest absolute Gasteiger partial charge is 0.577 e.